The maximum atomic E-state index is 13.5. The van der Waals surface area contributed by atoms with E-state index in [1.165, 1.54) is 6.42 Å². The molecule has 6 heteroatoms. The number of amides is 2. The summed E-state index contributed by atoms with van der Waals surface area (Å²) in [5.41, 5.74) is 4.27. The summed E-state index contributed by atoms with van der Waals surface area (Å²) in [6.45, 7) is 1.28. The van der Waals surface area contributed by atoms with Gasteiger partial charge in [-0.25, -0.2) is 0 Å². The van der Waals surface area contributed by atoms with Crippen LogP contribution in [-0.2, 0) is 9.59 Å². The number of nitriles is 1. The summed E-state index contributed by atoms with van der Waals surface area (Å²) in [5.74, 6) is -0.382. The summed E-state index contributed by atoms with van der Waals surface area (Å²) in [7, 11) is 0. The van der Waals surface area contributed by atoms with Crippen molar-refractivity contribution in [2.24, 2.45) is 11.1 Å². The Hall–Kier alpha value is -1.61. The van der Waals surface area contributed by atoms with E-state index in [0.717, 1.165) is 51.5 Å². The molecule has 1 saturated heterocycles. The number of hydrogen-bond acceptors (Lipinski definition) is 4. The van der Waals surface area contributed by atoms with E-state index >= 15 is 0 Å². The van der Waals surface area contributed by atoms with Gasteiger partial charge in [-0.05, 0) is 38.6 Å². The lowest BCUT2D eigenvalue weighted by Crippen LogP contribution is -2.59. The van der Waals surface area contributed by atoms with Gasteiger partial charge < -0.3 is 16.0 Å². The van der Waals surface area contributed by atoms with Gasteiger partial charge in [0.1, 0.15) is 5.54 Å². The molecule has 3 N–H and O–H groups in total. The van der Waals surface area contributed by atoms with Crippen LogP contribution in [0.3, 0.4) is 0 Å². The highest BCUT2D eigenvalue weighted by molar-refractivity contribution is 5.88. The molecular formula is C20H32N4O2. The van der Waals surface area contributed by atoms with Gasteiger partial charge in [-0.1, -0.05) is 38.5 Å². The third-order valence-electron chi connectivity index (χ3n) is 6.83. The van der Waals surface area contributed by atoms with Crippen LogP contribution in [0.5, 0.6) is 0 Å². The average Bonchev–Trinajstić information content (AvgIpc) is 3.13. The Balaban J connectivity index is 1.86. The second kappa shape index (κ2) is 7.96. The molecule has 0 aromatic heterocycles. The maximum Gasteiger partial charge on any atom is 0.225 e. The molecule has 0 aromatic rings. The summed E-state index contributed by atoms with van der Waals surface area (Å²) in [4.78, 5) is 27.6. The predicted octanol–water partition coefficient (Wildman–Crippen LogP) is 2.23. The number of carbonyl (C=O) groups is 2. The fourth-order valence-corrected chi connectivity index (χ4v) is 5.28. The molecule has 3 fully saturated rings. The van der Waals surface area contributed by atoms with Gasteiger partial charge >= 0.3 is 0 Å². The Kier molecular flexibility index (Phi) is 5.86. The van der Waals surface area contributed by atoms with E-state index in [-0.39, 0.29) is 24.3 Å². The normalized spacial score (nSPS) is 29.0. The van der Waals surface area contributed by atoms with E-state index < -0.39 is 11.0 Å². The molecule has 0 bridgehead atoms. The molecular weight excluding hydrogens is 328 g/mol. The zero-order chi connectivity index (χ0) is 18.6. The molecule has 144 valence electrons. The van der Waals surface area contributed by atoms with Crippen LogP contribution < -0.4 is 11.1 Å². The van der Waals surface area contributed by atoms with Gasteiger partial charge in [-0.2, -0.15) is 5.26 Å². The first kappa shape index (κ1) is 19.2. The number of nitrogens with zero attached hydrogens (tertiary/aromatic N) is 2. The lowest BCUT2D eigenvalue weighted by Gasteiger charge is -2.45. The SMILES string of the molecule is N#CC1(N(C(=O)CC2(C(N)=O)CCCCC2)C2CCCCC2)CCNC1. The van der Waals surface area contributed by atoms with Crippen LogP contribution in [0, 0.1) is 16.7 Å². The van der Waals surface area contributed by atoms with E-state index in [2.05, 4.69) is 11.4 Å². The molecule has 2 saturated carbocycles. The van der Waals surface area contributed by atoms with Gasteiger partial charge in [0.15, 0.2) is 0 Å². The monoisotopic (exact) mass is 360 g/mol. The first-order valence-corrected chi connectivity index (χ1v) is 10.3. The highest BCUT2D eigenvalue weighted by atomic mass is 16.2. The summed E-state index contributed by atoms with van der Waals surface area (Å²) >= 11 is 0. The van der Waals surface area contributed by atoms with Crippen LogP contribution in [0.2, 0.25) is 0 Å². The molecule has 1 unspecified atom stereocenters. The van der Waals surface area contributed by atoms with Crippen molar-refractivity contribution in [3.63, 3.8) is 0 Å². The van der Waals surface area contributed by atoms with Crippen LogP contribution >= 0.6 is 0 Å². The van der Waals surface area contributed by atoms with Gasteiger partial charge in [0.2, 0.25) is 11.8 Å². The van der Waals surface area contributed by atoms with Gasteiger partial charge in [-0.3, -0.25) is 9.59 Å². The van der Waals surface area contributed by atoms with Gasteiger partial charge in [-0.15, -0.1) is 0 Å². The van der Waals surface area contributed by atoms with E-state index in [1.54, 1.807) is 0 Å². The Morgan fingerprint density at radius 1 is 1.08 bits per heavy atom. The summed E-state index contributed by atoms with van der Waals surface area (Å²) in [6.07, 6.45) is 10.5. The van der Waals surface area contributed by atoms with Crippen LogP contribution in [0.25, 0.3) is 0 Å². The number of nitrogens with one attached hydrogen (secondary N) is 1. The Labute approximate surface area is 156 Å². The van der Waals surface area contributed by atoms with E-state index in [1.807, 2.05) is 4.90 Å². The minimum atomic E-state index is -0.771. The average molecular weight is 361 g/mol. The standard InChI is InChI=1S/C20H32N4O2/c21-14-20(11-12-23-15-20)24(16-7-3-1-4-8-16)17(25)13-19(18(22)26)9-5-2-6-10-19/h16,23H,1-13,15H2,(H2,22,26). The second-order valence-corrected chi connectivity index (χ2v) is 8.51. The van der Waals surface area contributed by atoms with E-state index in [0.29, 0.717) is 25.8 Å². The van der Waals surface area contributed by atoms with Crippen LogP contribution in [-0.4, -0.2) is 41.4 Å². The number of rotatable bonds is 5. The number of hydrogen-bond donors (Lipinski definition) is 2. The van der Waals surface area contributed by atoms with Crippen LogP contribution in [0.1, 0.15) is 77.0 Å². The van der Waals surface area contributed by atoms with Crippen molar-refractivity contribution in [2.75, 3.05) is 13.1 Å². The van der Waals surface area contributed by atoms with Crippen molar-refractivity contribution in [2.45, 2.75) is 88.6 Å². The zero-order valence-corrected chi connectivity index (χ0v) is 15.8. The summed E-state index contributed by atoms with van der Waals surface area (Å²) in [5, 5.41) is 13.2. The smallest absolute Gasteiger partial charge is 0.225 e. The first-order chi connectivity index (χ1) is 12.5. The summed E-state index contributed by atoms with van der Waals surface area (Å²) in [6, 6.07) is 2.58. The predicted molar refractivity (Wildman–Crippen MR) is 98.9 cm³/mol. The van der Waals surface area contributed by atoms with Crippen molar-refractivity contribution in [3.05, 3.63) is 0 Å². The second-order valence-electron chi connectivity index (χ2n) is 8.51. The highest BCUT2D eigenvalue weighted by Gasteiger charge is 2.49. The van der Waals surface area contributed by atoms with E-state index in [9.17, 15) is 14.9 Å². The third-order valence-corrected chi connectivity index (χ3v) is 6.83. The highest BCUT2D eigenvalue weighted by Crippen LogP contribution is 2.41. The molecule has 6 nitrogen and oxygen atoms in total. The van der Waals surface area contributed by atoms with Crippen molar-refractivity contribution >= 4 is 11.8 Å². The van der Waals surface area contributed by atoms with Crippen molar-refractivity contribution in [3.8, 4) is 6.07 Å². The van der Waals surface area contributed by atoms with Crippen LogP contribution in [0.4, 0.5) is 0 Å². The molecule has 26 heavy (non-hydrogen) atoms. The number of nitrogens with two attached hydrogens (primary N) is 1. The lowest BCUT2D eigenvalue weighted by atomic mass is 9.70. The molecule has 1 aliphatic heterocycles. The van der Waals surface area contributed by atoms with Crippen molar-refractivity contribution in [1.29, 1.82) is 5.26 Å². The zero-order valence-electron chi connectivity index (χ0n) is 15.8. The minimum absolute atomic E-state index is 0.0390. The minimum Gasteiger partial charge on any atom is -0.369 e. The molecule has 0 radical (unpaired) electrons. The Morgan fingerprint density at radius 3 is 2.27 bits per heavy atom. The van der Waals surface area contributed by atoms with Crippen LogP contribution in [0.15, 0.2) is 0 Å². The first-order valence-electron chi connectivity index (χ1n) is 10.3. The van der Waals surface area contributed by atoms with Gasteiger partial charge in [0.25, 0.3) is 0 Å². The van der Waals surface area contributed by atoms with Gasteiger partial charge in [0, 0.05) is 19.0 Å². The summed E-state index contributed by atoms with van der Waals surface area (Å²) < 4.78 is 0. The molecule has 3 aliphatic rings. The molecule has 3 rings (SSSR count). The molecule has 2 aliphatic carbocycles. The van der Waals surface area contributed by atoms with Gasteiger partial charge in [0.05, 0.1) is 11.5 Å². The molecule has 0 aromatic carbocycles. The maximum absolute atomic E-state index is 13.5. The molecule has 0 spiro atoms. The number of carbonyl (C=O) groups excluding carboxylic acids is 2. The quantitative estimate of drug-likeness (QED) is 0.785. The molecule has 1 heterocycles. The Morgan fingerprint density at radius 2 is 1.73 bits per heavy atom. The Bertz CT molecular complexity index is 565. The van der Waals surface area contributed by atoms with Crippen molar-refractivity contribution in [1.82, 2.24) is 10.2 Å². The molecule has 1 atom stereocenters. The topological polar surface area (TPSA) is 99.2 Å². The lowest BCUT2D eigenvalue weighted by molar-refractivity contribution is -0.147. The molecule has 2 amide bonds. The third kappa shape index (κ3) is 3.59. The fourth-order valence-electron chi connectivity index (χ4n) is 5.28. The van der Waals surface area contributed by atoms with Crippen molar-refractivity contribution < 1.29 is 9.59 Å². The van der Waals surface area contributed by atoms with E-state index in [4.69, 9.17) is 5.73 Å². The number of primary amides is 1. The largest absolute Gasteiger partial charge is 0.369 e. The fraction of sp³-hybridized carbons (Fsp3) is 0.850.